The van der Waals surface area contributed by atoms with Crippen LogP contribution < -0.4 is 0 Å². The number of carbonyl (C=O) groups is 4. The van der Waals surface area contributed by atoms with E-state index in [1.165, 1.54) is 4.90 Å². The fourth-order valence-corrected chi connectivity index (χ4v) is 2.86. The number of esters is 1. The van der Waals surface area contributed by atoms with Gasteiger partial charge in [-0.2, -0.15) is 0 Å². The van der Waals surface area contributed by atoms with Crippen LogP contribution in [-0.2, 0) is 14.3 Å². The van der Waals surface area contributed by atoms with Crippen LogP contribution in [0, 0.1) is 5.92 Å². The van der Waals surface area contributed by atoms with Gasteiger partial charge in [-0.1, -0.05) is 26.0 Å². The molecule has 0 radical (unpaired) electrons. The Morgan fingerprint density at radius 3 is 2.00 bits per heavy atom. The van der Waals surface area contributed by atoms with Crippen molar-refractivity contribution >= 4 is 23.7 Å². The predicted molar refractivity (Wildman–Crippen MR) is 99.1 cm³/mol. The summed E-state index contributed by atoms with van der Waals surface area (Å²) in [7, 11) is 1.62. The number of nitrogens with zero attached hydrogens (tertiary/aromatic N) is 2. The van der Waals surface area contributed by atoms with Gasteiger partial charge in [0.1, 0.15) is 6.04 Å². The van der Waals surface area contributed by atoms with Crippen molar-refractivity contribution in [3.63, 3.8) is 0 Å². The van der Waals surface area contributed by atoms with E-state index >= 15 is 0 Å². The van der Waals surface area contributed by atoms with E-state index in [-0.39, 0.29) is 35.4 Å². The third-order valence-corrected chi connectivity index (χ3v) is 4.61. The third-order valence-electron chi connectivity index (χ3n) is 4.61. The summed E-state index contributed by atoms with van der Waals surface area (Å²) >= 11 is 0. The first-order chi connectivity index (χ1) is 12.6. The lowest BCUT2D eigenvalue weighted by molar-refractivity contribution is -0.155. The number of likely N-dealkylation sites (N-methyl/N-ethyl adjacent to an activating group) is 1. The lowest BCUT2D eigenvalue weighted by atomic mass is 10.0. The van der Waals surface area contributed by atoms with E-state index in [0.29, 0.717) is 0 Å². The van der Waals surface area contributed by atoms with Crippen LogP contribution in [0.5, 0.6) is 0 Å². The Balaban J connectivity index is 2.19. The smallest absolute Gasteiger partial charge is 0.329 e. The molecule has 0 saturated heterocycles. The summed E-state index contributed by atoms with van der Waals surface area (Å²) in [5, 5.41) is 0. The van der Waals surface area contributed by atoms with E-state index in [4.69, 9.17) is 4.74 Å². The molecule has 146 valence electrons. The molecule has 2 rings (SSSR count). The van der Waals surface area contributed by atoms with Crippen LogP contribution in [0.2, 0.25) is 0 Å². The maximum absolute atomic E-state index is 12.7. The minimum Gasteiger partial charge on any atom is -0.454 e. The van der Waals surface area contributed by atoms with Gasteiger partial charge in [-0.25, -0.2) is 4.79 Å². The maximum Gasteiger partial charge on any atom is 0.329 e. The Labute approximate surface area is 159 Å². The van der Waals surface area contributed by atoms with Crippen LogP contribution in [0.1, 0.15) is 54.8 Å². The second kappa shape index (κ2) is 8.33. The fourth-order valence-electron chi connectivity index (χ4n) is 2.86. The van der Waals surface area contributed by atoms with E-state index in [1.54, 1.807) is 31.3 Å². The van der Waals surface area contributed by atoms with Crippen LogP contribution in [0.25, 0.3) is 0 Å². The largest absolute Gasteiger partial charge is 0.454 e. The molecule has 0 spiro atoms. The summed E-state index contributed by atoms with van der Waals surface area (Å²) in [6.45, 7) is 7.04. The molecule has 0 unspecified atom stereocenters. The van der Waals surface area contributed by atoms with Crippen molar-refractivity contribution in [3.8, 4) is 0 Å². The van der Waals surface area contributed by atoms with Crippen LogP contribution >= 0.6 is 0 Å². The SMILES string of the molecule is CC(C)C[C@@H](C(=O)OCC(=O)N(C)C(C)C)N1C(=O)c2ccccc2C1=O. The van der Waals surface area contributed by atoms with Gasteiger partial charge >= 0.3 is 5.97 Å². The Morgan fingerprint density at radius 1 is 1.04 bits per heavy atom. The Kier molecular flexibility index (Phi) is 6.36. The molecule has 1 atom stereocenters. The van der Waals surface area contributed by atoms with Crippen LogP contribution in [0.3, 0.4) is 0 Å². The summed E-state index contributed by atoms with van der Waals surface area (Å²) in [6, 6.07) is 5.38. The number of imide groups is 1. The van der Waals surface area contributed by atoms with E-state index in [9.17, 15) is 19.2 Å². The summed E-state index contributed by atoms with van der Waals surface area (Å²) in [5.41, 5.74) is 0.555. The lowest BCUT2D eigenvalue weighted by Gasteiger charge is -2.26. The molecule has 7 nitrogen and oxygen atoms in total. The van der Waals surface area contributed by atoms with Gasteiger partial charge in [0.25, 0.3) is 17.7 Å². The molecule has 1 aromatic carbocycles. The van der Waals surface area contributed by atoms with Crippen LogP contribution in [-0.4, -0.2) is 59.2 Å². The maximum atomic E-state index is 12.7. The van der Waals surface area contributed by atoms with Gasteiger partial charge in [-0.3, -0.25) is 19.3 Å². The van der Waals surface area contributed by atoms with Crippen molar-refractivity contribution in [1.29, 1.82) is 0 Å². The highest BCUT2D eigenvalue weighted by Crippen LogP contribution is 2.27. The predicted octanol–water partition coefficient (Wildman–Crippen LogP) is 2.11. The summed E-state index contributed by atoms with van der Waals surface area (Å²) in [6.07, 6.45) is 0.262. The van der Waals surface area contributed by atoms with Crippen molar-refractivity contribution in [2.75, 3.05) is 13.7 Å². The topological polar surface area (TPSA) is 84.0 Å². The zero-order valence-corrected chi connectivity index (χ0v) is 16.4. The normalized spacial score (nSPS) is 14.6. The molecule has 0 bridgehead atoms. The average molecular weight is 374 g/mol. The molecule has 0 saturated carbocycles. The fraction of sp³-hybridized carbons (Fsp3) is 0.500. The molecule has 27 heavy (non-hydrogen) atoms. The molecule has 1 aromatic rings. The first-order valence-corrected chi connectivity index (χ1v) is 9.04. The number of amides is 3. The second-order valence-electron chi connectivity index (χ2n) is 7.38. The zero-order valence-electron chi connectivity index (χ0n) is 16.4. The number of carbonyl (C=O) groups excluding carboxylic acids is 4. The van der Waals surface area contributed by atoms with E-state index in [2.05, 4.69) is 0 Å². The Bertz CT molecular complexity index is 721. The first kappa shape index (κ1) is 20.6. The van der Waals surface area contributed by atoms with Gasteiger partial charge in [-0.15, -0.1) is 0 Å². The number of benzene rings is 1. The number of fused-ring (bicyclic) bond motifs is 1. The standard InChI is InChI=1S/C20H26N2O5/c1-12(2)10-16(20(26)27-11-17(23)21(5)13(3)4)22-18(24)14-8-6-7-9-15(14)19(22)25/h6-9,12-13,16H,10-11H2,1-5H3/t16-/m0/s1. The highest BCUT2D eigenvalue weighted by atomic mass is 16.5. The van der Waals surface area contributed by atoms with E-state index in [1.807, 2.05) is 27.7 Å². The highest BCUT2D eigenvalue weighted by Gasteiger charge is 2.43. The molecule has 1 heterocycles. The number of ether oxygens (including phenoxy) is 1. The van der Waals surface area contributed by atoms with Crippen LogP contribution in [0.4, 0.5) is 0 Å². The van der Waals surface area contributed by atoms with Crippen molar-refractivity contribution in [3.05, 3.63) is 35.4 Å². The molecule has 1 aliphatic heterocycles. The average Bonchev–Trinajstić information content (AvgIpc) is 2.87. The quantitative estimate of drug-likeness (QED) is 0.539. The Morgan fingerprint density at radius 2 is 1.56 bits per heavy atom. The number of rotatable bonds is 7. The molecule has 3 amide bonds. The van der Waals surface area contributed by atoms with Crippen molar-refractivity contribution in [2.45, 2.75) is 46.2 Å². The van der Waals surface area contributed by atoms with Gasteiger partial charge in [-0.05, 0) is 38.3 Å². The third kappa shape index (κ3) is 4.35. The van der Waals surface area contributed by atoms with Gasteiger partial charge in [0, 0.05) is 13.1 Å². The van der Waals surface area contributed by atoms with Crippen molar-refractivity contribution in [2.24, 2.45) is 5.92 Å². The monoisotopic (exact) mass is 374 g/mol. The van der Waals surface area contributed by atoms with Crippen molar-refractivity contribution < 1.29 is 23.9 Å². The summed E-state index contributed by atoms with van der Waals surface area (Å²) < 4.78 is 5.17. The molecular formula is C20H26N2O5. The van der Waals surface area contributed by atoms with Crippen LogP contribution in [0.15, 0.2) is 24.3 Å². The van der Waals surface area contributed by atoms with E-state index < -0.39 is 30.4 Å². The molecule has 0 fully saturated rings. The van der Waals surface area contributed by atoms with Gasteiger partial charge in [0.2, 0.25) is 0 Å². The minimum absolute atomic E-state index is 0.0288. The molecular weight excluding hydrogens is 348 g/mol. The zero-order chi connectivity index (χ0) is 20.3. The lowest BCUT2D eigenvalue weighted by Crippen LogP contribution is -2.47. The molecule has 0 aromatic heterocycles. The number of hydrogen-bond acceptors (Lipinski definition) is 5. The van der Waals surface area contributed by atoms with E-state index in [0.717, 1.165) is 4.90 Å². The van der Waals surface area contributed by atoms with Gasteiger partial charge < -0.3 is 9.64 Å². The Hall–Kier alpha value is -2.70. The summed E-state index contributed by atoms with van der Waals surface area (Å²) in [5.74, 6) is -2.07. The highest BCUT2D eigenvalue weighted by molar-refractivity contribution is 6.22. The van der Waals surface area contributed by atoms with Gasteiger partial charge in [0.05, 0.1) is 11.1 Å². The molecule has 0 N–H and O–H groups in total. The number of hydrogen-bond donors (Lipinski definition) is 0. The molecule has 1 aliphatic rings. The molecule has 0 aliphatic carbocycles. The second-order valence-corrected chi connectivity index (χ2v) is 7.38. The van der Waals surface area contributed by atoms with Gasteiger partial charge in [0.15, 0.2) is 6.61 Å². The summed E-state index contributed by atoms with van der Waals surface area (Å²) in [4.78, 5) is 52.5. The molecule has 7 heteroatoms. The minimum atomic E-state index is -1.06. The van der Waals surface area contributed by atoms with Crippen molar-refractivity contribution in [1.82, 2.24) is 9.80 Å². The first-order valence-electron chi connectivity index (χ1n) is 9.04.